The Bertz CT molecular complexity index is 1250. The van der Waals surface area contributed by atoms with Crippen molar-refractivity contribution < 1.29 is 23.8 Å². The number of amides is 1. The predicted octanol–water partition coefficient (Wildman–Crippen LogP) is 4.67. The molecule has 1 amide bonds. The lowest BCUT2D eigenvalue weighted by molar-refractivity contribution is -0.129. The van der Waals surface area contributed by atoms with Gasteiger partial charge in [-0.3, -0.25) is 9.59 Å². The molecule has 0 spiro atoms. The lowest BCUT2D eigenvalue weighted by atomic mass is 9.92. The van der Waals surface area contributed by atoms with E-state index in [0.717, 1.165) is 24.2 Å². The van der Waals surface area contributed by atoms with E-state index in [1.165, 1.54) is 7.11 Å². The molecule has 2 aromatic carbocycles. The van der Waals surface area contributed by atoms with Gasteiger partial charge in [0, 0.05) is 18.5 Å². The molecule has 178 valence electrons. The highest BCUT2D eigenvalue weighted by Gasteiger charge is 2.44. The second-order valence-corrected chi connectivity index (χ2v) is 8.37. The van der Waals surface area contributed by atoms with Crippen molar-refractivity contribution in [2.75, 3.05) is 33.3 Å². The fourth-order valence-corrected chi connectivity index (χ4v) is 4.56. The van der Waals surface area contributed by atoms with Crippen molar-refractivity contribution in [2.45, 2.75) is 26.8 Å². The summed E-state index contributed by atoms with van der Waals surface area (Å²) in [5.74, 6) is -1.02. The van der Waals surface area contributed by atoms with Crippen LogP contribution in [0.1, 0.15) is 41.6 Å². The van der Waals surface area contributed by atoms with Gasteiger partial charge < -0.3 is 24.1 Å². The molecular formula is C27H30N2O5. The van der Waals surface area contributed by atoms with Crippen molar-refractivity contribution in [1.82, 2.24) is 9.80 Å². The molecule has 1 aliphatic rings. The van der Waals surface area contributed by atoms with E-state index in [1.54, 1.807) is 17.0 Å². The molecule has 3 aromatic rings. The van der Waals surface area contributed by atoms with Gasteiger partial charge in [0.25, 0.3) is 5.91 Å². The van der Waals surface area contributed by atoms with E-state index < -0.39 is 23.5 Å². The van der Waals surface area contributed by atoms with Crippen LogP contribution in [0.2, 0.25) is 0 Å². The summed E-state index contributed by atoms with van der Waals surface area (Å²) in [6.07, 6.45) is 0. The zero-order valence-electron chi connectivity index (χ0n) is 20.0. The zero-order chi connectivity index (χ0) is 24.4. The average Bonchev–Trinajstić information content (AvgIpc) is 3.39. The first-order valence-electron chi connectivity index (χ1n) is 11.5. The van der Waals surface area contributed by atoms with Gasteiger partial charge in [-0.05, 0) is 43.3 Å². The van der Waals surface area contributed by atoms with Crippen LogP contribution in [0.3, 0.4) is 0 Å². The number of likely N-dealkylation sites (N-methyl/N-ethyl adjacent to an activating group) is 1. The van der Waals surface area contributed by atoms with E-state index in [2.05, 4.69) is 18.7 Å². The number of methoxy groups -OCH3 is 1. The molecule has 34 heavy (non-hydrogen) atoms. The number of hydrogen-bond acceptors (Lipinski definition) is 6. The second-order valence-electron chi connectivity index (χ2n) is 8.37. The third-order valence-corrected chi connectivity index (χ3v) is 6.53. The number of nitrogens with zero attached hydrogens (tertiary/aromatic N) is 2. The fraction of sp³-hybridized carbons (Fsp3) is 0.333. The summed E-state index contributed by atoms with van der Waals surface area (Å²) in [6.45, 7) is 8.78. The molecule has 0 bridgehead atoms. The maximum absolute atomic E-state index is 13.7. The smallest absolute Gasteiger partial charge is 0.290 e. The first kappa shape index (κ1) is 23.6. The molecule has 0 fully saturated rings. The normalized spacial score (nSPS) is 16.2. The van der Waals surface area contributed by atoms with Crippen molar-refractivity contribution in [1.29, 1.82) is 0 Å². The highest BCUT2D eigenvalue weighted by atomic mass is 16.5. The molecular weight excluding hydrogens is 432 g/mol. The first-order valence-corrected chi connectivity index (χ1v) is 11.5. The maximum atomic E-state index is 13.7. The van der Waals surface area contributed by atoms with Gasteiger partial charge in [0.2, 0.25) is 5.78 Å². The van der Waals surface area contributed by atoms with Crippen LogP contribution in [-0.4, -0.2) is 59.9 Å². The Balaban J connectivity index is 1.78. The third kappa shape index (κ3) is 4.07. The number of hydrogen-bond donors (Lipinski definition) is 1. The van der Waals surface area contributed by atoms with E-state index in [1.807, 2.05) is 43.3 Å². The van der Waals surface area contributed by atoms with E-state index in [-0.39, 0.29) is 11.3 Å². The number of fused-ring (bicyclic) bond motifs is 1. The quantitative estimate of drug-likeness (QED) is 0.465. The molecule has 0 saturated carbocycles. The minimum Gasteiger partial charge on any atom is -0.503 e. The SMILES string of the molecule is CCN(CC)CCN1C(=O)C(O)=C(C(=O)c2cc3cccc(OC)c3o2)C1c1ccccc1C. The molecule has 1 N–H and O–H groups in total. The van der Waals surface area contributed by atoms with Crippen molar-refractivity contribution in [3.05, 3.63) is 76.8 Å². The Labute approximate surface area is 199 Å². The molecule has 7 nitrogen and oxygen atoms in total. The van der Waals surface area contributed by atoms with Gasteiger partial charge in [-0.1, -0.05) is 50.2 Å². The number of benzene rings is 2. The zero-order valence-corrected chi connectivity index (χ0v) is 20.0. The van der Waals surface area contributed by atoms with Crippen LogP contribution in [0.4, 0.5) is 0 Å². The Morgan fingerprint density at radius 3 is 2.56 bits per heavy atom. The van der Waals surface area contributed by atoms with E-state index >= 15 is 0 Å². The lowest BCUT2D eigenvalue weighted by Crippen LogP contribution is -2.38. The molecule has 0 saturated heterocycles. The summed E-state index contributed by atoms with van der Waals surface area (Å²) < 4.78 is 11.2. The molecule has 1 aliphatic heterocycles. The van der Waals surface area contributed by atoms with Gasteiger partial charge in [0.15, 0.2) is 22.9 Å². The number of rotatable bonds is 9. The number of carbonyl (C=O) groups excluding carboxylic acids is 2. The number of ether oxygens (including phenoxy) is 1. The first-order chi connectivity index (χ1) is 16.4. The molecule has 7 heteroatoms. The number of furan rings is 1. The summed E-state index contributed by atoms with van der Waals surface area (Å²) in [4.78, 5) is 30.7. The molecule has 0 aliphatic carbocycles. The van der Waals surface area contributed by atoms with Gasteiger partial charge in [-0.15, -0.1) is 0 Å². The summed E-state index contributed by atoms with van der Waals surface area (Å²) in [5, 5.41) is 11.6. The Morgan fingerprint density at radius 2 is 1.88 bits per heavy atom. The topological polar surface area (TPSA) is 83.2 Å². The minimum atomic E-state index is -0.702. The van der Waals surface area contributed by atoms with E-state index in [0.29, 0.717) is 29.8 Å². The van der Waals surface area contributed by atoms with Crippen LogP contribution in [0, 0.1) is 6.92 Å². The standard InChI is InChI=1S/C27H30N2O5/c1-5-28(6-2)14-15-29-23(19-12-8-7-10-17(19)3)22(25(31)27(29)32)24(30)21-16-18-11-9-13-20(33-4)26(18)34-21/h7-13,16,23,31H,5-6,14-15H2,1-4H3. The number of aliphatic hydroxyl groups excluding tert-OH is 1. The lowest BCUT2D eigenvalue weighted by Gasteiger charge is -2.30. The summed E-state index contributed by atoms with van der Waals surface area (Å²) in [7, 11) is 1.53. The van der Waals surface area contributed by atoms with Gasteiger partial charge in [-0.2, -0.15) is 0 Å². The van der Waals surface area contributed by atoms with Gasteiger partial charge in [0.05, 0.1) is 18.7 Å². The summed E-state index contributed by atoms with van der Waals surface area (Å²) >= 11 is 0. The van der Waals surface area contributed by atoms with Crippen LogP contribution in [0.5, 0.6) is 5.75 Å². The summed E-state index contributed by atoms with van der Waals surface area (Å²) in [6, 6.07) is 13.9. The summed E-state index contributed by atoms with van der Waals surface area (Å²) in [5.41, 5.74) is 2.22. The van der Waals surface area contributed by atoms with Crippen molar-refractivity contribution in [3.8, 4) is 5.75 Å². The molecule has 2 heterocycles. The van der Waals surface area contributed by atoms with Crippen LogP contribution in [0.25, 0.3) is 11.0 Å². The van der Waals surface area contributed by atoms with Gasteiger partial charge in [0.1, 0.15) is 0 Å². The highest BCUT2D eigenvalue weighted by molar-refractivity contribution is 6.16. The third-order valence-electron chi connectivity index (χ3n) is 6.53. The maximum Gasteiger partial charge on any atom is 0.290 e. The van der Waals surface area contributed by atoms with Crippen LogP contribution in [0.15, 0.2) is 64.3 Å². The molecule has 1 aromatic heterocycles. The van der Waals surface area contributed by atoms with E-state index in [4.69, 9.17) is 9.15 Å². The van der Waals surface area contributed by atoms with Crippen molar-refractivity contribution in [2.24, 2.45) is 0 Å². The number of aryl methyl sites for hydroxylation is 1. The van der Waals surface area contributed by atoms with Crippen LogP contribution >= 0.6 is 0 Å². The fourth-order valence-electron chi connectivity index (χ4n) is 4.56. The minimum absolute atomic E-state index is 0.0388. The average molecular weight is 463 g/mol. The van der Waals surface area contributed by atoms with Crippen molar-refractivity contribution >= 4 is 22.7 Å². The molecule has 1 atom stereocenters. The Kier molecular flexibility index (Phi) is 6.75. The van der Waals surface area contributed by atoms with Crippen molar-refractivity contribution in [3.63, 3.8) is 0 Å². The van der Waals surface area contributed by atoms with E-state index in [9.17, 15) is 14.7 Å². The number of carbonyl (C=O) groups is 2. The molecule has 4 rings (SSSR count). The number of ketones is 1. The van der Waals surface area contributed by atoms with Gasteiger partial charge in [-0.25, -0.2) is 0 Å². The highest BCUT2D eigenvalue weighted by Crippen LogP contribution is 2.41. The Morgan fingerprint density at radius 1 is 1.15 bits per heavy atom. The van der Waals surface area contributed by atoms with Crippen LogP contribution in [-0.2, 0) is 4.79 Å². The number of Topliss-reactive ketones (excluding diaryl/α,β-unsaturated/α-hetero) is 1. The predicted molar refractivity (Wildman–Crippen MR) is 130 cm³/mol. The van der Waals surface area contributed by atoms with Gasteiger partial charge >= 0.3 is 0 Å². The molecule has 0 radical (unpaired) electrons. The largest absolute Gasteiger partial charge is 0.503 e. The number of aliphatic hydroxyl groups is 1. The Hall–Kier alpha value is -3.58. The second kappa shape index (κ2) is 9.73. The number of para-hydroxylation sites is 1. The van der Waals surface area contributed by atoms with Crippen LogP contribution < -0.4 is 4.74 Å². The monoisotopic (exact) mass is 462 g/mol. The molecule has 1 unspecified atom stereocenters.